The highest BCUT2D eigenvalue weighted by molar-refractivity contribution is 5.91. The predicted molar refractivity (Wildman–Crippen MR) is 95.0 cm³/mol. The molecule has 28 heavy (non-hydrogen) atoms. The molecule has 0 aromatic heterocycles. The molecule has 0 aliphatic heterocycles. The van der Waals surface area contributed by atoms with Crippen LogP contribution >= 0.6 is 0 Å². The molecule has 1 aromatic rings. The summed E-state index contributed by atoms with van der Waals surface area (Å²) in [5, 5.41) is 4.71. The molecule has 7 nitrogen and oxygen atoms in total. The first-order valence-corrected chi connectivity index (χ1v) is 8.72. The van der Waals surface area contributed by atoms with Crippen molar-refractivity contribution in [1.82, 2.24) is 5.32 Å². The molecular formula is C18H25F3N3O4+. The van der Waals surface area contributed by atoms with Crippen molar-refractivity contribution in [2.24, 2.45) is 5.92 Å². The molecule has 0 aliphatic carbocycles. The van der Waals surface area contributed by atoms with Crippen molar-refractivity contribution in [2.45, 2.75) is 26.3 Å². The minimum atomic E-state index is -1.68. The third-order valence-electron chi connectivity index (χ3n) is 4.22. The molecule has 156 valence electrons. The van der Waals surface area contributed by atoms with Gasteiger partial charge in [0.1, 0.15) is 6.04 Å². The van der Waals surface area contributed by atoms with Gasteiger partial charge in [0.2, 0.25) is 0 Å². The monoisotopic (exact) mass is 404 g/mol. The summed E-state index contributed by atoms with van der Waals surface area (Å²) in [4.78, 5) is 36.4. The van der Waals surface area contributed by atoms with Gasteiger partial charge in [-0.3, -0.25) is 9.59 Å². The lowest BCUT2D eigenvalue weighted by molar-refractivity contribution is -0.862. The molecule has 0 saturated heterocycles. The van der Waals surface area contributed by atoms with E-state index in [0.29, 0.717) is 17.4 Å². The fourth-order valence-corrected chi connectivity index (χ4v) is 2.45. The lowest BCUT2D eigenvalue weighted by Crippen LogP contribution is -3.11. The number of benzene rings is 1. The zero-order valence-electron chi connectivity index (χ0n) is 16.2. The summed E-state index contributed by atoms with van der Waals surface area (Å²) < 4.78 is 44.4. The maximum absolute atomic E-state index is 13.6. The second kappa shape index (κ2) is 10.6. The van der Waals surface area contributed by atoms with Gasteiger partial charge in [0.15, 0.2) is 30.5 Å². The van der Waals surface area contributed by atoms with Gasteiger partial charge in [-0.1, -0.05) is 20.3 Å². The Hall–Kier alpha value is -2.62. The van der Waals surface area contributed by atoms with Gasteiger partial charge in [-0.2, -0.15) is 0 Å². The van der Waals surface area contributed by atoms with Crippen molar-refractivity contribution in [3.8, 4) is 0 Å². The highest BCUT2D eigenvalue weighted by Crippen LogP contribution is 2.19. The number of nitrogens with one attached hydrogen (secondary N) is 3. The van der Waals surface area contributed by atoms with Gasteiger partial charge in [-0.25, -0.2) is 18.0 Å². The number of rotatable bonds is 9. The highest BCUT2D eigenvalue weighted by atomic mass is 19.2. The van der Waals surface area contributed by atoms with E-state index in [1.165, 1.54) is 14.2 Å². The second-order valence-electron chi connectivity index (χ2n) is 6.54. The number of likely N-dealkylation sites (N-methyl/N-ethyl adjacent to an activating group) is 1. The quantitative estimate of drug-likeness (QED) is 0.407. The first-order chi connectivity index (χ1) is 13.1. The number of ether oxygens (including phenoxy) is 1. The number of carbonyl (C=O) groups is 3. The van der Waals surface area contributed by atoms with Crippen molar-refractivity contribution >= 4 is 23.5 Å². The normalized spacial score (nSPS) is 14.0. The summed E-state index contributed by atoms with van der Waals surface area (Å²) >= 11 is 0. The fourth-order valence-electron chi connectivity index (χ4n) is 2.45. The largest absolute Gasteiger partial charge is 0.467 e. The highest BCUT2D eigenvalue weighted by Gasteiger charge is 2.28. The van der Waals surface area contributed by atoms with Gasteiger partial charge >= 0.3 is 5.97 Å². The Labute approximate surface area is 161 Å². The number of hydrogen-bond donors (Lipinski definition) is 3. The first kappa shape index (κ1) is 23.4. The average Bonchev–Trinajstić information content (AvgIpc) is 2.65. The molecule has 0 heterocycles. The summed E-state index contributed by atoms with van der Waals surface area (Å²) in [6.07, 6.45) is 0.644. The van der Waals surface area contributed by atoms with Gasteiger partial charge < -0.3 is 20.3 Å². The third kappa shape index (κ3) is 6.52. The lowest BCUT2D eigenvalue weighted by Gasteiger charge is -2.22. The van der Waals surface area contributed by atoms with Crippen molar-refractivity contribution in [1.29, 1.82) is 0 Å². The maximum Gasteiger partial charge on any atom is 0.328 e. The van der Waals surface area contributed by atoms with E-state index in [1.54, 1.807) is 6.92 Å². The molecule has 1 rings (SSSR count). The SMILES string of the molecule is CC[C@@H](C)[C@H](NC(=O)C[NH+](C)CC(=O)Nc1ccc(F)c(F)c1F)C(=O)OC. The number of carbonyl (C=O) groups excluding carboxylic acids is 3. The van der Waals surface area contributed by atoms with Gasteiger partial charge in [-0.15, -0.1) is 0 Å². The van der Waals surface area contributed by atoms with Crippen LogP contribution in [-0.4, -0.2) is 51.1 Å². The number of hydrogen-bond acceptors (Lipinski definition) is 4. The van der Waals surface area contributed by atoms with E-state index >= 15 is 0 Å². The molecule has 2 amide bonds. The van der Waals surface area contributed by atoms with Crippen molar-refractivity contribution in [3.05, 3.63) is 29.6 Å². The van der Waals surface area contributed by atoms with Crippen LogP contribution in [0.2, 0.25) is 0 Å². The molecule has 0 aliphatic rings. The lowest BCUT2D eigenvalue weighted by atomic mass is 9.99. The number of anilines is 1. The number of quaternary nitrogens is 1. The third-order valence-corrected chi connectivity index (χ3v) is 4.22. The minimum absolute atomic E-state index is 0.141. The number of halogens is 3. The molecular weight excluding hydrogens is 379 g/mol. The molecule has 10 heteroatoms. The van der Waals surface area contributed by atoms with E-state index < -0.39 is 47.0 Å². The molecule has 3 atom stereocenters. The van der Waals surface area contributed by atoms with Crippen molar-refractivity contribution in [3.63, 3.8) is 0 Å². The maximum atomic E-state index is 13.6. The van der Waals surface area contributed by atoms with Crippen molar-refractivity contribution < 1.29 is 37.2 Å². The molecule has 0 saturated carbocycles. The Bertz CT molecular complexity index is 730. The Balaban J connectivity index is 2.62. The van der Waals surface area contributed by atoms with E-state index in [0.717, 1.165) is 6.07 Å². The van der Waals surface area contributed by atoms with Crippen LogP contribution in [0.3, 0.4) is 0 Å². The predicted octanol–water partition coefficient (Wildman–Crippen LogP) is 0.261. The molecule has 0 radical (unpaired) electrons. The summed E-state index contributed by atoms with van der Waals surface area (Å²) in [6, 6.07) is 0.793. The number of methoxy groups -OCH3 is 1. The summed E-state index contributed by atoms with van der Waals surface area (Å²) in [5.74, 6) is -6.42. The topological polar surface area (TPSA) is 88.9 Å². The van der Waals surface area contributed by atoms with Crippen LogP contribution in [0.1, 0.15) is 20.3 Å². The zero-order valence-corrected chi connectivity index (χ0v) is 16.2. The minimum Gasteiger partial charge on any atom is -0.467 e. The smallest absolute Gasteiger partial charge is 0.328 e. The first-order valence-electron chi connectivity index (χ1n) is 8.72. The molecule has 0 spiro atoms. The molecule has 0 bridgehead atoms. The molecule has 1 unspecified atom stereocenters. The van der Waals surface area contributed by atoms with E-state index in [4.69, 9.17) is 0 Å². The van der Waals surface area contributed by atoms with Gasteiger partial charge in [0.05, 0.1) is 19.8 Å². The molecule has 0 fully saturated rings. The van der Waals surface area contributed by atoms with Crippen molar-refractivity contribution in [2.75, 3.05) is 32.6 Å². The van der Waals surface area contributed by atoms with Crippen LogP contribution < -0.4 is 15.5 Å². The Morgan fingerprint density at radius 3 is 2.29 bits per heavy atom. The Morgan fingerprint density at radius 1 is 1.11 bits per heavy atom. The van der Waals surface area contributed by atoms with Crippen LogP contribution in [-0.2, 0) is 19.1 Å². The zero-order chi connectivity index (χ0) is 21.4. The van der Waals surface area contributed by atoms with Crippen LogP contribution in [0.4, 0.5) is 18.9 Å². The van der Waals surface area contributed by atoms with Crippen LogP contribution in [0, 0.1) is 23.4 Å². The second-order valence-corrected chi connectivity index (χ2v) is 6.54. The molecule has 3 N–H and O–H groups in total. The summed E-state index contributed by atoms with van der Waals surface area (Å²) in [7, 11) is 2.76. The van der Waals surface area contributed by atoms with Crippen LogP contribution in [0.25, 0.3) is 0 Å². The van der Waals surface area contributed by atoms with E-state index in [-0.39, 0.29) is 19.0 Å². The van der Waals surface area contributed by atoms with E-state index in [1.807, 2.05) is 6.92 Å². The fraction of sp³-hybridized carbons (Fsp3) is 0.500. The number of amides is 2. The Morgan fingerprint density at radius 2 is 1.71 bits per heavy atom. The number of esters is 1. The standard InChI is InChI=1S/C18H24F3N3O4/c1-5-10(2)17(18(27)28-4)23-14(26)9-24(3)8-13(25)22-12-7-6-11(19)15(20)16(12)21/h6-7,10,17H,5,8-9H2,1-4H3,(H,22,25)(H,23,26)/p+1/t10-,17+/m1/s1. The summed E-state index contributed by atoms with van der Waals surface area (Å²) in [5.41, 5.74) is -0.497. The summed E-state index contributed by atoms with van der Waals surface area (Å²) in [6.45, 7) is 3.28. The van der Waals surface area contributed by atoms with Crippen LogP contribution in [0.5, 0.6) is 0 Å². The van der Waals surface area contributed by atoms with E-state index in [2.05, 4.69) is 15.4 Å². The Kier molecular flexibility index (Phi) is 8.90. The van der Waals surface area contributed by atoms with E-state index in [9.17, 15) is 27.6 Å². The van der Waals surface area contributed by atoms with Gasteiger partial charge in [0, 0.05) is 0 Å². The van der Waals surface area contributed by atoms with Gasteiger partial charge in [0.25, 0.3) is 11.8 Å². The van der Waals surface area contributed by atoms with Crippen LogP contribution in [0.15, 0.2) is 12.1 Å². The average molecular weight is 404 g/mol. The molecule has 1 aromatic carbocycles. The van der Waals surface area contributed by atoms with Gasteiger partial charge in [-0.05, 0) is 18.1 Å².